The normalized spacial score (nSPS) is 19.5. The SMILES string of the molecule is COc1cc([C@H]2C3=C(CC(C)(C)CC3=O)Nc3[nH]c(=O)[nH]c(=O)c32)ccc1OC(C)C. The van der Waals surface area contributed by atoms with Crippen molar-refractivity contribution < 1.29 is 14.3 Å². The maximum atomic E-state index is 13.2. The summed E-state index contributed by atoms with van der Waals surface area (Å²) in [5.41, 5.74) is 0.977. The van der Waals surface area contributed by atoms with Crippen molar-refractivity contribution in [2.45, 2.75) is 52.6 Å². The standard InChI is InChI=1S/C23H27N3O5/c1-11(2)31-15-7-6-12(8-16(15)30-5)17-18-13(9-23(3,4)10-14(18)27)24-20-19(17)21(28)26-22(29)25-20/h6-8,11,17H,9-10H2,1-5H3,(H3,24,25,26,28,29)/t17-/m0/s1. The van der Waals surface area contributed by atoms with Crippen LogP contribution in [0.2, 0.25) is 0 Å². The highest BCUT2D eigenvalue weighted by Gasteiger charge is 2.42. The molecule has 0 amide bonds. The maximum absolute atomic E-state index is 13.2. The predicted molar refractivity (Wildman–Crippen MR) is 117 cm³/mol. The number of ketones is 1. The molecule has 2 heterocycles. The van der Waals surface area contributed by atoms with E-state index < -0.39 is 17.2 Å². The van der Waals surface area contributed by atoms with E-state index in [0.29, 0.717) is 46.9 Å². The summed E-state index contributed by atoms with van der Waals surface area (Å²) in [5, 5.41) is 3.16. The average Bonchev–Trinajstić information content (AvgIpc) is 2.65. The van der Waals surface area contributed by atoms with Crippen LogP contribution in [0, 0.1) is 5.41 Å². The van der Waals surface area contributed by atoms with Crippen molar-refractivity contribution in [1.82, 2.24) is 9.97 Å². The van der Waals surface area contributed by atoms with E-state index in [1.54, 1.807) is 19.2 Å². The molecule has 0 unspecified atom stereocenters. The number of fused-ring (bicyclic) bond motifs is 1. The molecule has 1 aromatic heterocycles. The first-order chi connectivity index (χ1) is 14.6. The maximum Gasteiger partial charge on any atom is 0.327 e. The molecule has 1 aliphatic heterocycles. The van der Waals surface area contributed by atoms with Gasteiger partial charge in [0.05, 0.1) is 18.8 Å². The molecule has 8 nitrogen and oxygen atoms in total. The molecule has 3 N–H and O–H groups in total. The van der Waals surface area contributed by atoms with E-state index >= 15 is 0 Å². The smallest absolute Gasteiger partial charge is 0.327 e. The molecule has 164 valence electrons. The Bertz CT molecular complexity index is 1200. The number of aromatic amines is 2. The van der Waals surface area contributed by atoms with Crippen LogP contribution in [0.1, 0.15) is 57.6 Å². The number of H-pyrrole nitrogens is 2. The number of aromatic nitrogens is 2. The molecule has 0 bridgehead atoms. The largest absolute Gasteiger partial charge is 0.493 e. The molecular formula is C23H27N3O5. The number of hydrogen-bond acceptors (Lipinski definition) is 6. The molecule has 0 spiro atoms. The molecule has 31 heavy (non-hydrogen) atoms. The predicted octanol–water partition coefficient (Wildman–Crippen LogP) is 3.06. The Morgan fingerprint density at radius 2 is 1.81 bits per heavy atom. The van der Waals surface area contributed by atoms with Gasteiger partial charge in [0.25, 0.3) is 5.56 Å². The minimum absolute atomic E-state index is 0.0125. The summed E-state index contributed by atoms with van der Waals surface area (Å²) in [7, 11) is 1.55. The third kappa shape index (κ3) is 3.78. The number of Topliss-reactive ketones (excluding diaryl/α,β-unsaturated/α-hetero) is 1. The zero-order valence-corrected chi connectivity index (χ0v) is 18.3. The molecule has 0 radical (unpaired) electrons. The van der Waals surface area contributed by atoms with E-state index in [1.165, 1.54) is 0 Å². The Morgan fingerprint density at radius 3 is 2.48 bits per heavy atom. The highest BCUT2D eigenvalue weighted by atomic mass is 16.5. The van der Waals surface area contributed by atoms with Crippen molar-refractivity contribution in [3.8, 4) is 11.5 Å². The summed E-state index contributed by atoms with van der Waals surface area (Å²) >= 11 is 0. The van der Waals surface area contributed by atoms with Crippen molar-refractivity contribution in [3.05, 3.63) is 61.4 Å². The van der Waals surface area contributed by atoms with Gasteiger partial charge in [0.15, 0.2) is 17.3 Å². The van der Waals surface area contributed by atoms with Gasteiger partial charge >= 0.3 is 5.69 Å². The molecule has 8 heteroatoms. The lowest BCUT2D eigenvalue weighted by molar-refractivity contribution is -0.118. The lowest BCUT2D eigenvalue weighted by Crippen LogP contribution is -2.38. The first kappa shape index (κ1) is 21.0. The van der Waals surface area contributed by atoms with Crippen LogP contribution in [0.15, 0.2) is 39.1 Å². The van der Waals surface area contributed by atoms with Crippen LogP contribution in [-0.2, 0) is 4.79 Å². The Morgan fingerprint density at radius 1 is 1.06 bits per heavy atom. The molecule has 1 aliphatic carbocycles. The number of carbonyl (C=O) groups is 1. The summed E-state index contributed by atoms with van der Waals surface area (Å²) in [6, 6.07) is 5.41. The van der Waals surface area contributed by atoms with E-state index in [9.17, 15) is 14.4 Å². The van der Waals surface area contributed by atoms with Crippen molar-refractivity contribution in [2.24, 2.45) is 5.41 Å². The fraction of sp³-hybridized carbons (Fsp3) is 0.435. The number of anilines is 1. The molecule has 0 saturated carbocycles. The Hall–Kier alpha value is -3.29. The first-order valence-corrected chi connectivity index (χ1v) is 10.3. The zero-order chi connectivity index (χ0) is 22.5. The molecule has 0 fully saturated rings. The third-order valence-electron chi connectivity index (χ3n) is 5.64. The zero-order valence-electron chi connectivity index (χ0n) is 18.3. The molecule has 1 atom stereocenters. The van der Waals surface area contributed by atoms with Crippen LogP contribution < -0.4 is 26.0 Å². The summed E-state index contributed by atoms with van der Waals surface area (Å²) in [4.78, 5) is 43.0. The fourth-order valence-corrected chi connectivity index (χ4v) is 4.49. The number of rotatable bonds is 4. The van der Waals surface area contributed by atoms with Crippen molar-refractivity contribution in [3.63, 3.8) is 0 Å². The number of nitrogens with one attached hydrogen (secondary N) is 3. The molecule has 4 rings (SSSR count). The van der Waals surface area contributed by atoms with Gasteiger partial charge < -0.3 is 14.8 Å². The molecule has 2 aliphatic rings. The minimum Gasteiger partial charge on any atom is -0.493 e. The average molecular weight is 425 g/mol. The van der Waals surface area contributed by atoms with Crippen LogP contribution in [0.3, 0.4) is 0 Å². The second kappa shape index (κ2) is 7.44. The summed E-state index contributed by atoms with van der Waals surface area (Å²) in [6.45, 7) is 7.91. The number of benzene rings is 1. The number of allylic oxidation sites excluding steroid dienone is 2. The monoisotopic (exact) mass is 425 g/mol. The van der Waals surface area contributed by atoms with Crippen molar-refractivity contribution in [1.29, 1.82) is 0 Å². The van der Waals surface area contributed by atoms with Gasteiger partial charge in [-0.3, -0.25) is 19.6 Å². The van der Waals surface area contributed by atoms with Crippen LogP contribution in [0.25, 0.3) is 0 Å². The lowest BCUT2D eigenvalue weighted by Gasteiger charge is -2.38. The van der Waals surface area contributed by atoms with Gasteiger partial charge in [-0.2, -0.15) is 0 Å². The number of carbonyl (C=O) groups excluding carboxylic acids is 1. The highest BCUT2D eigenvalue weighted by Crippen LogP contribution is 2.48. The molecular weight excluding hydrogens is 398 g/mol. The van der Waals surface area contributed by atoms with E-state index in [0.717, 1.165) is 5.70 Å². The van der Waals surface area contributed by atoms with E-state index in [2.05, 4.69) is 15.3 Å². The van der Waals surface area contributed by atoms with Crippen molar-refractivity contribution >= 4 is 11.6 Å². The van der Waals surface area contributed by atoms with Gasteiger partial charge in [-0.1, -0.05) is 19.9 Å². The lowest BCUT2D eigenvalue weighted by atomic mass is 9.69. The summed E-state index contributed by atoms with van der Waals surface area (Å²) < 4.78 is 11.3. The van der Waals surface area contributed by atoms with Crippen LogP contribution in [0.5, 0.6) is 11.5 Å². The van der Waals surface area contributed by atoms with Crippen LogP contribution in [0.4, 0.5) is 5.82 Å². The highest BCUT2D eigenvalue weighted by molar-refractivity contribution is 6.01. The Kier molecular flexibility index (Phi) is 5.03. The van der Waals surface area contributed by atoms with Crippen LogP contribution in [-0.4, -0.2) is 29.0 Å². The fourth-order valence-electron chi connectivity index (χ4n) is 4.49. The second-order valence-electron chi connectivity index (χ2n) is 9.17. The number of methoxy groups -OCH3 is 1. The Labute approximate surface area is 179 Å². The number of hydrogen-bond donors (Lipinski definition) is 3. The summed E-state index contributed by atoms with van der Waals surface area (Å²) in [6.07, 6.45) is 0.973. The molecule has 0 saturated heterocycles. The van der Waals surface area contributed by atoms with Gasteiger partial charge in [-0.15, -0.1) is 0 Å². The Balaban J connectivity index is 1.95. The van der Waals surface area contributed by atoms with Gasteiger partial charge in [0, 0.05) is 23.6 Å². The second-order valence-corrected chi connectivity index (χ2v) is 9.17. The van der Waals surface area contributed by atoms with E-state index in [-0.39, 0.29) is 17.3 Å². The minimum atomic E-state index is -0.627. The molecule has 1 aromatic carbocycles. The van der Waals surface area contributed by atoms with E-state index in [4.69, 9.17) is 9.47 Å². The third-order valence-corrected chi connectivity index (χ3v) is 5.64. The number of ether oxygens (including phenoxy) is 2. The quantitative estimate of drug-likeness (QED) is 0.694. The van der Waals surface area contributed by atoms with Gasteiger partial charge in [-0.25, -0.2) is 4.79 Å². The van der Waals surface area contributed by atoms with Gasteiger partial charge in [-0.05, 0) is 43.4 Å². The topological polar surface area (TPSA) is 113 Å². The van der Waals surface area contributed by atoms with Crippen molar-refractivity contribution in [2.75, 3.05) is 12.4 Å². The van der Waals surface area contributed by atoms with Crippen LogP contribution >= 0.6 is 0 Å². The summed E-state index contributed by atoms with van der Waals surface area (Å²) in [5.74, 6) is 0.775. The molecule has 2 aromatic rings. The van der Waals surface area contributed by atoms with E-state index in [1.807, 2.05) is 33.8 Å². The van der Waals surface area contributed by atoms with Gasteiger partial charge in [0.1, 0.15) is 5.82 Å². The first-order valence-electron chi connectivity index (χ1n) is 10.3. The van der Waals surface area contributed by atoms with Gasteiger partial charge in [0.2, 0.25) is 0 Å².